The molecule has 1 aliphatic heterocycles. The lowest BCUT2D eigenvalue weighted by Crippen LogP contribution is -2.44. The highest BCUT2D eigenvalue weighted by molar-refractivity contribution is 5.77. The van der Waals surface area contributed by atoms with Gasteiger partial charge in [-0.05, 0) is 42.4 Å². The zero-order valence-electron chi connectivity index (χ0n) is 12.8. The van der Waals surface area contributed by atoms with Crippen LogP contribution in [0.25, 0.3) is 0 Å². The van der Waals surface area contributed by atoms with E-state index in [9.17, 15) is 4.79 Å². The Bertz CT molecular complexity index is 431. The van der Waals surface area contributed by atoms with Crippen molar-refractivity contribution in [3.05, 3.63) is 29.8 Å². The van der Waals surface area contributed by atoms with E-state index in [1.54, 1.807) is 0 Å². The van der Waals surface area contributed by atoms with Crippen molar-refractivity contribution >= 4 is 5.91 Å². The van der Waals surface area contributed by atoms with Gasteiger partial charge in [0.25, 0.3) is 5.91 Å². The summed E-state index contributed by atoms with van der Waals surface area (Å²) < 4.78 is 5.60. The maximum absolute atomic E-state index is 12.2. The lowest BCUT2D eigenvalue weighted by atomic mass is 9.92. The summed E-state index contributed by atoms with van der Waals surface area (Å²) in [7, 11) is 0. The largest absolute Gasteiger partial charge is 0.484 e. The molecule has 3 nitrogen and oxygen atoms in total. The average molecular weight is 275 g/mol. The molecule has 0 aromatic heterocycles. The molecule has 0 N–H and O–H groups in total. The van der Waals surface area contributed by atoms with E-state index in [-0.39, 0.29) is 12.5 Å². The van der Waals surface area contributed by atoms with Gasteiger partial charge in [-0.25, -0.2) is 0 Å². The maximum Gasteiger partial charge on any atom is 0.260 e. The summed E-state index contributed by atoms with van der Waals surface area (Å²) in [6.45, 7) is 8.41. The molecule has 2 rings (SSSR count). The van der Waals surface area contributed by atoms with Crippen LogP contribution in [-0.4, -0.2) is 30.5 Å². The summed E-state index contributed by atoms with van der Waals surface area (Å²) in [5.74, 6) is 2.05. The van der Waals surface area contributed by atoms with Crippen molar-refractivity contribution in [2.24, 2.45) is 11.8 Å². The molecule has 1 aromatic rings. The molecule has 0 saturated carbocycles. The third kappa shape index (κ3) is 3.99. The minimum Gasteiger partial charge on any atom is -0.484 e. The highest BCUT2D eigenvalue weighted by Gasteiger charge is 2.25. The maximum atomic E-state index is 12.2. The lowest BCUT2D eigenvalue weighted by Gasteiger charge is -2.34. The summed E-state index contributed by atoms with van der Waals surface area (Å²) in [6.07, 6.45) is 2.23. The Hall–Kier alpha value is -1.51. The van der Waals surface area contributed by atoms with E-state index in [1.807, 2.05) is 29.2 Å². The molecule has 0 aliphatic carbocycles. The van der Waals surface area contributed by atoms with Gasteiger partial charge in [0.15, 0.2) is 6.61 Å². The highest BCUT2D eigenvalue weighted by atomic mass is 16.5. The van der Waals surface area contributed by atoms with Gasteiger partial charge in [-0.2, -0.15) is 0 Å². The van der Waals surface area contributed by atoms with Gasteiger partial charge in [-0.3, -0.25) is 4.79 Å². The van der Waals surface area contributed by atoms with E-state index in [1.165, 1.54) is 12.0 Å². The number of ether oxygens (including phenoxy) is 1. The van der Waals surface area contributed by atoms with E-state index in [0.717, 1.165) is 25.3 Å². The van der Waals surface area contributed by atoms with Gasteiger partial charge in [0.2, 0.25) is 0 Å². The van der Waals surface area contributed by atoms with Gasteiger partial charge < -0.3 is 9.64 Å². The molecule has 20 heavy (non-hydrogen) atoms. The Kier molecular flexibility index (Phi) is 5.05. The van der Waals surface area contributed by atoms with Gasteiger partial charge in [-0.1, -0.05) is 32.9 Å². The van der Waals surface area contributed by atoms with Crippen molar-refractivity contribution in [3.8, 4) is 5.75 Å². The van der Waals surface area contributed by atoms with Crippen molar-refractivity contribution in [2.75, 3.05) is 19.7 Å². The van der Waals surface area contributed by atoms with Crippen molar-refractivity contribution in [3.63, 3.8) is 0 Å². The van der Waals surface area contributed by atoms with Crippen LogP contribution in [-0.2, 0) is 11.2 Å². The molecule has 0 radical (unpaired) electrons. The summed E-state index contributed by atoms with van der Waals surface area (Å²) in [5, 5.41) is 0. The zero-order chi connectivity index (χ0) is 14.5. The molecule has 0 bridgehead atoms. The number of carbonyl (C=O) groups excluding carboxylic acids is 1. The van der Waals surface area contributed by atoms with Gasteiger partial charge in [0, 0.05) is 13.1 Å². The first-order valence-electron chi connectivity index (χ1n) is 7.58. The second kappa shape index (κ2) is 6.78. The summed E-state index contributed by atoms with van der Waals surface area (Å²) >= 11 is 0. The first-order valence-corrected chi connectivity index (χ1v) is 7.58. The number of benzene rings is 1. The molecular weight excluding hydrogens is 250 g/mol. The van der Waals surface area contributed by atoms with Crippen molar-refractivity contribution in [1.82, 2.24) is 4.90 Å². The number of hydrogen-bond acceptors (Lipinski definition) is 2. The molecule has 2 atom stereocenters. The molecule has 3 heteroatoms. The number of rotatable bonds is 4. The fourth-order valence-corrected chi connectivity index (χ4v) is 2.92. The predicted octanol–water partition coefficient (Wildman–Crippen LogP) is 3.13. The summed E-state index contributed by atoms with van der Waals surface area (Å²) in [6, 6.07) is 7.97. The molecule has 1 amide bonds. The van der Waals surface area contributed by atoms with Crippen LogP contribution in [0.2, 0.25) is 0 Å². The summed E-state index contributed by atoms with van der Waals surface area (Å²) in [5.41, 5.74) is 1.28. The topological polar surface area (TPSA) is 29.5 Å². The Morgan fingerprint density at radius 3 is 2.35 bits per heavy atom. The molecule has 1 saturated heterocycles. The average Bonchev–Trinajstić information content (AvgIpc) is 2.44. The number of hydrogen-bond donors (Lipinski definition) is 0. The van der Waals surface area contributed by atoms with Crippen LogP contribution in [0.15, 0.2) is 24.3 Å². The highest BCUT2D eigenvalue weighted by Crippen LogP contribution is 2.21. The Balaban J connectivity index is 1.84. The predicted molar refractivity (Wildman–Crippen MR) is 80.8 cm³/mol. The number of amides is 1. The number of nitrogens with zero attached hydrogens (tertiary/aromatic N) is 1. The van der Waals surface area contributed by atoms with Crippen LogP contribution in [0, 0.1) is 11.8 Å². The Morgan fingerprint density at radius 2 is 1.80 bits per heavy atom. The Morgan fingerprint density at radius 1 is 1.20 bits per heavy atom. The second-order valence-electron chi connectivity index (χ2n) is 6.03. The van der Waals surface area contributed by atoms with Gasteiger partial charge in [0.05, 0.1) is 0 Å². The number of carbonyl (C=O) groups is 1. The van der Waals surface area contributed by atoms with Crippen LogP contribution >= 0.6 is 0 Å². The molecular formula is C17H25NO2. The molecule has 2 unspecified atom stereocenters. The third-order valence-corrected chi connectivity index (χ3v) is 3.92. The van der Waals surface area contributed by atoms with Gasteiger partial charge in [-0.15, -0.1) is 0 Å². The first-order chi connectivity index (χ1) is 9.58. The molecule has 110 valence electrons. The monoisotopic (exact) mass is 275 g/mol. The molecule has 1 fully saturated rings. The van der Waals surface area contributed by atoms with Crippen molar-refractivity contribution in [1.29, 1.82) is 0 Å². The number of piperidine rings is 1. The SMILES string of the molecule is CCc1ccc(OCC(=O)N2CC(C)CC(C)C2)cc1. The van der Waals surface area contributed by atoms with E-state index in [2.05, 4.69) is 20.8 Å². The molecule has 1 aliphatic rings. The van der Waals surface area contributed by atoms with Crippen LogP contribution in [0.4, 0.5) is 0 Å². The fourth-order valence-electron chi connectivity index (χ4n) is 2.92. The normalized spacial score (nSPS) is 22.6. The van der Waals surface area contributed by atoms with Crippen molar-refractivity contribution in [2.45, 2.75) is 33.6 Å². The van der Waals surface area contributed by atoms with Gasteiger partial charge in [0.1, 0.15) is 5.75 Å². The quantitative estimate of drug-likeness (QED) is 0.845. The van der Waals surface area contributed by atoms with Gasteiger partial charge >= 0.3 is 0 Å². The van der Waals surface area contributed by atoms with Crippen LogP contribution in [0.5, 0.6) is 5.75 Å². The minimum absolute atomic E-state index is 0.1000. The summed E-state index contributed by atoms with van der Waals surface area (Å²) in [4.78, 5) is 14.1. The van der Waals surface area contributed by atoms with E-state index >= 15 is 0 Å². The van der Waals surface area contributed by atoms with Crippen molar-refractivity contribution < 1.29 is 9.53 Å². The zero-order valence-corrected chi connectivity index (χ0v) is 12.8. The molecule has 0 spiro atoms. The van der Waals surface area contributed by atoms with Crippen LogP contribution in [0.1, 0.15) is 32.8 Å². The number of aryl methyl sites for hydroxylation is 1. The van der Waals surface area contributed by atoms with E-state index in [4.69, 9.17) is 4.74 Å². The van der Waals surface area contributed by atoms with Crippen LogP contribution in [0.3, 0.4) is 0 Å². The molecule has 1 heterocycles. The third-order valence-electron chi connectivity index (χ3n) is 3.92. The van der Waals surface area contributed by atoms with E-state index in [0.29, 0.717) is 11.8 Å². The van der Waals surface area contributed by atoms with Crippen LogP contribution < -0.4 is 4.74 Å². The fraction of sp³-hybridized carbons (Fsp3) is 0.588. The van der Waals surface area contributed by atoms with E-state index < -0.39 is 0 Å². The minimum atomic E-state index is 0.1000. The lowest BCUT2D eigenvalue weighted by molar-refractivity contribution is -0.136. The smallest absolute Gasteiger partial charge is 0.260 e. The Labute approximate surface area is 121 Å². The molecule has 1 aromatic carbocycles. The standard InChI is InChI=1S/C17H25NO2/c1-4-15-5-7-16(8-6-15)20-12-17(19)18-10-13(2)9-14(3)11-18/h5-8,13-14H,4,9-12H2,1-3H3. The first kappa shape index (κ1) is 14.9. The number of likely N-dealkylation sites (tertiary alicyclic amines) is 1. The second-order valence-corrected chi connectivity index (χ2v) is 6.03.